The number of aromatic nitrogens is 2. The summed E-state index contributed by atoms with van der Waals surface area (Å²) in [5.41, 5.74) is 1.21. The number of benzene rings is 1. The van der Waals surface area contributed by atoms with Crippen LogP contribution in [0.5, 0.6) is 0 Å². The van der Waals surface area contributed by atoms with Gasteiger partial charge in [0.25, 0.3) is 5.91 Å². The molecule has 0 saturated carbocycles. The van der Waals surface area contributed by atoms with E-state index in [0.29, 0.717) is 0 Å². The van der Waals surface area contributed by atoms with E-state index in [1.807, 2.05) is 31.2 Å². The van der Waals surface area contributed by atoms with Crippen molar-refractivity contribution in [1.29, 1.82) is 0 Å². The highest BCUT2D eigenvalue weighted by atomic mass is 79.9. The van der Waals surface area contributed by atoms with Crippen LogP contribution in [0.25, 0.3) is 0 Å². The lowest BCUT2D eigenvalue weighted by atomic mass is 10.1. The average Bonchev–Trinajstić information content (AvgIpc) is 2.39. The quantitative estimate of drug-likeness (QED) is 0.932. The maximum absolute atomic E-state index is 12.0. The predicted octanol–water partition coefficient (Wildman–Crippen LogP) is 3.38. The van der Waals surface area contributed by atoms with Gasteiger partial charge in [0.05, 0.1) is 18.4 Å². The first-order valence-electron chi connectivity index (χ1n) is 5.60. The maximum atomic E-state index is 12.0. The van der Waals surface area contributed by atoms with E-state index in [4.69, 9.17) is 11.6 Å². The third-order valence-corrected chi connectivity index (χ3v) is 3.27. The molecule has 98 valence electrons. The summed E-state index contributed by atoms with van der Waals surface area (Å²) in [5, 5.41) is 3.04. The molecular weight excluding hydrogens is 330 g/mol. The van der Waals surface area contributed by atoms with Crippen LogP contribution < -0.4 is 5.32 Å². The number of halogens is 2. The Kier molecular flexibility index (Phi) is 4.50. The molecule has 1 heterocycles. The molecular formula is C13H11BrClN3O. The van der Waals surface area contributed by atoms with Crippen molar-refractivity contribution in [2.24, 2.45) is 0 Å². The van der Waals surface area contributed by atoms with Crippen LogP contribution in [0.2, 0.25) is 5.15 Å². The van der Waals surface area contributed by atoms with E-state index < -0.39 is 0 Å². The summed E-state index contributed by atoms with van der Waals surface area (Å²) < 4.78 is 0.996. The van der Waals surface area contributed by atoms with Crippen molar-refractivity contribution in [2.75, 3.05) is 0 Å². The molecule has 4 nitrogen and oxygen atoms in total. The van der Waals surface area contributed by atoms with Crippen LogP contribution in [0.15, 0.2) is 41.1 Å². The molecule has 1 aromatic heterocycles. The summed E-state index contributed by atoms with van der Waals surface area (Å²) in [5.74, 6) is -0.301. The van der Waals surface area contributed by atoms with Crippen LogP contribution in [0.1, 0.15) is 29.0 Å². The Morgan fingerprint density at radius 2 is 2.00 bits per heavy atom. The summed E-state index contributed by atoms with van der Waals surface area (Å²) in [6.07, 6.45) is 2.77. The molecule has 0 aliphatic carbocycles. The fourth-order valence-electron chi connectivity index (χ4n) is 1.56. The maximum Gasteiger partial charge on any atom is 0.272 e. The van der Waals surface area contributed by atoms with E-state index in [2.05, 4.69) is 31.2 Å². The minimum absolute atomic E-state index is 0.124. The molecule has 2 rings (SSSR count). The molecule has 0 radical (unpaired) electrons. The van der Waals surface area contributed by atoms with Gasteiger partial charge >= 0.3 is 0 Å². The molecule has 0 aliphatic rings. The third-order valence-electron chi connectivity index (χ3n) is 2.56. The van der Waals surface area contributed by atoms with E-state index in [-0.39, 0.29) is 22.8 Å². The summed E-state index contributed by atoms with van der Waals surface area (Å²) in [4.78, 5) is 19.7. The van der Waals surface area contributed by atoms with Crippen molar-refractivity contribution >= 4 is 33.4 Å². The molecule has 0 bridgehead atoms. The molecule has 1 aromatic carbocycles. The molecule has 1 amide bonds. The van der Waals surface area contributed by atoms with Gasteiger partial charge in [-0.3, -0.25) is 9.78 Å². The summed E-state index contributed by atoms with van der Waals surface area (Å²) in [6.45, 7) is 1.90. The number of carbonyl (C=O) groups is 1. The zero-order chi connectivity index (χ0) is 13.8. The van der Waals surface area contributed by atoms with Crippen molar-refractivity contribution in [1.82, 2.24) is 15.3 Å². The molecule has 0 saturated heterocycles. The van der Waals surface area contributed by atoms with E-state index in [1.165, 1.54) is 12.4 Å². The molecule has 6 heteroatoms. The van der Waals surface area contributed by atoms with E-state index in [9.17, 15) is 4.79 Å². The van der Waals surface area contributed by atoms with Crippen LogP contribution >= 0.6 is 27.5 Å². The Bertz CT molecular complexity index is 589. The van der Waals surface area contributed by atoms with Gasteiger partial charge in [0.15, 0.2) is 0 Å². The van der Waals surface area contributed by atoms with Gasteiger partial charge in [-0.2, -0.15) is 0 Å². The van der Waals surface area contributed by atoms with Gasteiger partial charge < -0.3 is 5.32 Å². The van der Waals surface area contributed by atoms with Crippen molar-refractivity contribution in [3.8, 4) is 0 Å². The van der Waals surface area contributed by atoms with Gasteiger partial charge in [-0.15, -0.1) is 0 Å². The number of nitrogens with zero attached hydrogens (tertiary/aromatic N) is 2. The SMILES string of the molecule is C[C@H](NC(=O)c1cncc(Cl)n1)c1ccc(Br)cc1. The third kappa shape index (κ3) is 3.75. The highest BCUT2D eigenvalue weighted by Crippen LogP contribution is 2.16. The minimum Gasteiger partial charge on any atom is -0.344 e. The van der Waals surface area contributed by atoms with Crippen molar-refractivity contribution in [2.45, 2.75) is 13.0 Å². The van der Waals surface area contributed by atoms with E-state index in [1.54, 1.807) is 0 Å². The van der Waals surface area contributed by atoms with Gasteiger partial charge in [0.1, 0.15) is 10.8 Å². The van der Waals surface area contributed by atoms with Crippen molar-refractivity contribution in [3.05, 3.63) is 57.5 Å². The molecule has 1 atom stereocenters. The fourth-order valence-corrected chi connectivity index (χ4v) is 1.97. The second-order valence-electron chi connectivity index (χ2n) is 3.97. The van der Waals surface area contributed by atoms with Gasteiger partial charge in [0.2, 0.25) is 0 Å². The zero-order valence-electron chi connectivity index (χ0n) is 10.1. The highest BCUT2D eigenvalue weighted by molar-refractivity contribution is 9.10. The Morgan fingerprint density at radius 3 is 2.63 bits per heavy atom. The Balaban J connectivity index is 2.08. The standard InChI is InChI=1S/C13H11BrClN3O/c1-8(9-2-4-10(14)5-3-9)17-13(19)11-6-16-7-12(15)18-11/h2-8H,1H3,(H,17,19)/t8-/m0/s1. The van der Waals surface area contributed by atoms with Crippen LogP contribution in [0, 0.1) is 0 Å². The topological polar surface area (TPSA) is 54.9 Å². The molecule has 0 aliphatic heterocycles. The van der Waals surface area contributed by atoms with Crippen molar-refractivity contribution in [3.63, 3.8) is 0 Å². The van der Waals surface area contributed by atoms with E-state index in [0.717, 1.165) is 10.0 Å². The van der Waals surface area contributed by atoms with Gasteiger partial charge in [-0.25, -0.2) is 4.98 Å². The second-order valence-corrected chi connectivity index (χ2v) is 5.28. The normalized spacial score (nSPS) is 11.9. The van der Waals surface area contributed by atoms with E-state index >= 15 is 0 Å². The largest absolute Gasteiger partial charge is 0.344 e. The van der Waals surface area contributed by atoms with Gasteiger partial charge in [0, 0.05) is 4.47 Å². The lowest BCUT2D eigenvalue weighted by molar-refractivity contribution is 0.0934. The highest BCUT2D eigenvalue weighted by Gasteiger charge is 2.13. The molecule has 2 aromatic rings. The number of amides is 1. The molecule has 0 unspecified atom stereocenters. The lowest BCUT2D eigenvalue weighted by Crippen LogP contribution is -2.27. The number of carbonyl (C=O) groups excluding carboxylic acids is 1. The first-order chi connectivity index (χ1) is 9.06. The number of hydrogen-bond acceptors (Lipinski definition) is 3. The zero-order valence-corrected chi connectivity index (χ0v) is 12.4. The Hall–Kier alpha value is -1.46. The van der Waals surface area contributed by atoms with Gasteiger partial charge in [-0.1, -0.05) is 39.7 Å². The summed E-state index contributed by atoms with van der Waals surface area (Å²) in [6, 6.07) is 7.62. The summed E-state index contributed by atoms with van der Waals surface area (Å²) in [7, 11) is 0. The Morgan fingerprint density at radius 1 is 1.32 bits per heavy atom. The first-order valence-corrected chi connectivity index (χ1v) is 6.77. The lowest BCUT2D eigenvalue weighted by Gasteiger charge is -2.14. The van der Waals surface area contributed by atoms with Crippen LogP contribution in [-0.4, -0.2) is 15.9 Å². The Labute approximate surface area is 124 Å². The predicted molar refractivity (Wildman–Crippen MR) is 77.1 cm³/mol. The first kappa shape index (κ1) is 14.0. The number of rotatable bonds is 3. The van der Waals surface area contributed by atoms with Crippen LogP contribution in [0.4, 0.5) is 0 Å². The van der Waals surface area contributed by atoms with Crippen LogP contribution in [-0.2, 0) is 0 Å². The second kappa shape index (κ2) is 6.12. The number of nitrogens with one attached hydrogen (secondary N) is 1. The minimum atomic E-state index is -0.301. The van der Waals surface area contributed by atoms with Gasteiger partial charge in [-0.05, 0) is 24.6 Å². The summed E-state index contributed by atoms with van der Waals surface area (Å²) >= 11 is 9.07. The fraction of sp³-hybridized carbons (Fsp3) is 0.154. The molecule has 0 fully saturated rings. The molecule has 19 heavy (non-hydrogen) atoms. The molecule has 0 spiro atoms. The smallest absolute Gasteiger partial charge is 0.272 e. The van der Waals surface area contributed by atoms with Crippen LogP contribution in [0.3, 0.4) is 0 Å². The molecule has 1 N–H and O–H groups in total. The number of hydrogen-bond donors (Lipinski definition) is 1. The monoisotopic (exact) mass is 339 g/mol. The average molecular weight is 341 g/mol. The van der Waals surface area contributed by atoms with Crippen molar-refractivity contribution < 1.29 is 4.79 Å².